The van der Waals surface area contributed by atoms with Crippen LogP contribution in [-0.2, 0) is 30.3 Å². The minimum atomic E-state index is -0.684. The Kier molecular flexibility index (Phi) is 10.3. The first-order valence-electron chi connectivity index (χ1n) is 14.2. The summed E-state index contributed by atoms with van der Waals surface area (Å²) in [5.41, 5.74) is 2.37. The molecule has 2 aromatic heterocycles. The average Bonchev–Trinajstić information content (AvgIpc) is 3.57. The summed E-state index contributed by atoms with van der Waals surface area (Å²) in [6, 6.07) is 4.61. The third-order valence-electron chi connectivity index (χ3n) is 7.03. The van der Waals surface area contributed by atoms with E-state index in [4.69, 9.17) is 14.2 Å². The van der Waals surface area contributed by atoms with Gasteiger partial charge < -0.3 is 29.7 Å². The van der Waals surface area contributed by atoms with Crippen LogP contribution in [0, 0.1) is 0 Å². The van der Waals surface area contributed by atoms with Crippen LogP contribution in [-0.4, -0.2) is 90.7 Å². The number of nitrogens with zero attached hydrogens (tertiary/aromatic N) is 3. The van der Waals surface area contributed by atoms with Gasteiger partial charge >= 0.3 is 0 Å². The fraction of sp³-hybridized carbons (Fsp3) is 0.448. The smallest absolute Gasteiger partial charge is 0.255 e. The molecule has 5 rings (SSSR count). The molecule has 2 aliphatic rings. The molecule has 1 aromatic carbocycles. The van der Waals surface area contributed by atoms with Crippen molar-refractivity contribution in [3.63, 3.8) is 0 Å². The van der Waals surface area contributed by atoms with E-state index in [1.807, 2.05) is 6.07 Å². The second-order valence-electron chi connectivity index (χ2n) is 10.0. The van der Waals surface area contributed by atoms with Crippen molar-refractivity contribution >= 4 is 56.7 Å². The molecule has 3 N–H and O–H groups in total. The molecule has 0 bridgehead atoms. The SMILES string of the molecule is CCCOCCOCCOCCNC(=O)c1csc2ncnc(Nc3ccc4c(c3)CN(C3CCC(=O)NC3=O)C4=O)c12. The Bertz CT molecular complexity index is 1500. The number of hydrogen-bond acceptors (Lipinski definition) is 11. The molecule has 43 heavy (non-hydrogen) atoms. The number of fused-ring (bicyclic) bond motifs is 2. The Morgan fingerprint density at radius 2 is 1.84 bits per heavy atom. The van der Waals surface area contributed by atoms with Crippen molar-refractivity contribution in [1.29, 1.82) is 0 Å². The van der Waals surface area contributed by atoms with Crippen LogP contribution in [0.2, 0.25) is 0 Å². The zero-order valence-corrected chi connectivity index (χ0v) is 24.7. The van der Waals surface area contributed by atoms with Crippen LogP contribution in [0.5, 0.6) is 0 Å². The molecule has 4 heterocycles. The number of anilines is 2. The van der Waals surface area contributed by atoms with Crippen LogP contribution < -0.4 is 16.0 Å². The summed E-state index contributed by atoms with van der Waals surface area (Å²) in [6.07, 6.45) is 2.90. The Morgan fingerprint density at radius 1 is 1.07 bits per heavy atom. The lowest BCUT2D eigenvalue weighted by molar-refractivity contribution is -0.136. The highest BCUT2D eigenvalue weighted by Gasteiger charge is 2.39. The number of amides is 4. The van der Waals surface area contributed by atoms with Crippen LogP contribution in [0.15, 0.2) is 29.9 Å². The van der Waals surface area contributed by atoms with Crippen LogP contribution in [0.25, 0.3) is 10.2 Å². The molecule has 228 valence electrons. The number of ether oxygens (including phenoxy) is 3. The van der Waals surface area contributed by atoms with E-state index in [9.17, 15) is 19.2 Å². The molecule has 0 spiro atoms. The first-order valence-corrected chi connectivity index (χ1v) is 15.1. The van der Waals surface area contributed by atoms with Gasteiger partial charge in [0.05, 0.1) is 44.0 Å². The van der Waals surface area contributed by atoms with Gasteiger partial charge in [0.2, 0.25) is 11.8 Å². The van der Waals surface area contributed by atoms with E-state index in [-0.39, 0.29) is 30.7 Å². The number of thiophene rings is 1. The summed E-state index contributed by atoms with van der Waals surface area (Å²) >= 11 is 1.34. The van der Waals surface area contributed by atoms with E-state index >= 15 is 0 Å². The first kappa shape index (κ1) is 30.5. The van der Waals surface area contributed by atoms with Crippen molar-refractivity contribution in [1.82, 2.24) is 25.5 Å². The molecular formula is C29H34N6O7S. The molecule has 2 aliphatic heterocycles. The Labute approximate surface area is 252 Å². The van der Waals surface area contributed by atoms with Crippen molar-refractivity contribution in [3.05, 3.63) is 46.6 Å². The number of hydrogen-bond donors (Lipinski definition) is 3. The normalized spacial score (nSPS) is 16.4. The van der Waals surface area contributed by atoms with E-state index in [1.165, 1.54) is 22.6 Å². The van der Waals surface area contributed by atoms with Gasteiger partial charge in [-0.3, -0.25) is 24.5 Å². The molecule has 14 heteroatoms. The monoisotopic (exact) mass is 610 g/mol. The molecule has 1 saturated heterocycles. The summed E-state index contributed by atoms with van der Waals surface area (Å²) < 4.78 is 16.3. The van der Waals surface area contributed by atoms with E-state index in [2.05, 4.69) is 32.8 Å². The number of aromatic nitrogens is 2. The van der Waals surface area contributed by atoms with E-state index in [0.29, 0.717) is 78.8 Å². The third-order valence-corrected chi connectivity index (χ3v) is 7.91. The summed E-state index contributed by atoms with van der Waals surface area (Å²) in [6.45, 7) is 5.67. The molecule has 0 aliphatic carbocycles. The molecule has 1 atom stereocenters. The molecule has 1 unspecified atom stereocenters. The number of imide groups is 1. The maximum Gasteiger partial charge on any atom is 0.255 e. The number of nitrogens with one attached hydrogen (secondary N) is 3. The van der Waals surface area contributed by atoms with E-state index in [0.717, 1.165) is 18.6 Å². The number of piperidine rings is 1. The van der Waals surface area contributed by atoms with Crippen LogP contribution >= 0.6 is 11.3 Å². The highest BCUT2D eigenvalue weighted by Crippen LogP contribution is 2.33. The largest absolute Gasteiger partial charge is 0.379 e. The molecule has 1 fully saturated rings. The van der Waals surface area contributed by atoms with Gasteiger partial charge in [-0.2, -0.15) is 0 Å². The maximum absolute atomic E-state index is 13.0. The van der Waals surface area contributed by atoms with Gasteiger partial charge in [0, 0.05) is 42.7 Å². The standard InChI is InChI=1S/C29H34N6O7S/c1-2-8-40-10-12-42-13-11-41-9-7-30-26(37)21-16-43-28-24(21)25(31-17-32-28)33-19-3-4-20-18(14-19)15-35(29(20)39)22-5-6-23(36)34-27(22)38/h3-4,14,16-17,22H,2,5-13,15H2,1H3,(H,30,37)(H,31,32,33)(H,34,36,38). The maximum atomic E-state index is 13.0. The van der Waals surface area contributed by atoms with Gasteiger partial charge in [0.1, 0.15) is 23.0 Å². The van der Waals surface area contributed by atoms with Gasteiger partial charge in [0.25, 0.3) is 11.8 Å². The fourth-order valence-corrected chi connectivity index (χ4v) is 5.83. The summed E-state index contributed by atoms with van der Waals surface area (Å²) in [4.78, 5) is 60.8. The number of benzene rings is 1. The first-order chi connectivity index (χ1) is 21.0. The van der Waals surface area contributed by atoms with Crippen molar-refractivity contribution in [2.75, 3.05) is 51.5 Å². The lowest BCUT2D eigenvalue weighted by Crippen LogP contribution is -2.52. The van der Waals surface area contributed by atoms with Gasteiger partial charge in [-0.05, 0) is 36.6 Å². The van der Waals surface area contributed by atoms with E-state index in [1.54, 1.807) is 17.5 Å². The Balaban J connectivity index is 1.17. The zero-order valence-electron chi connectivity index (χ0n) is 23.8. The quantitative estimate of drug-likeness (QED) is 0.172. The van der Waals surface area contributed by atoms with Gasteiger partial charge in [0.15, 0.2) is 0 Å². The topological polar surface area (TPSA) is 161 Å². The molecule has 0 saturated carbocycles. The van der Waals surface area contributed by atoms with Crippen molar-refractivity contribution in [2.24, 2.45) is 0 Å². The summed E-state index contributed by atoms with van der Waals surface area (Å²) in [5, 5.41) is 10.8. The molecular weight excluding hydrogens is 576 g/mol. The van der Waals surface area contributed by atoms with Crippen molar-refractivity contribution < 1.29 is 33.4 Å². The average molecular weight is 611 g/mol. The summed E-state index contributed by atoms with van der Waals surface area (Å²) in [7, 11) is 0. The van der Waals surface area contributed by atoms with Crippen molar-refractivity contribution in [2.45, 2.75) is 38.8 Å². The highest BCUT2D eigenvalue weighted by atomic mass is 32.1. The van der Waals surface area contributed by atoms with Crippen LogP contribution in [0.1, 0.15) is 52.5 Å². The van der Waals surface area contributed by atoms with Crippen LogP contribution in [0.3, 0.4) is 0 Å². The highest BCUT2D eigenvalue weighted by molar-refractivity contribution is 7.17. The minimum absolute atomic E-state index is 0.195. The van der Waals surface area contributed by atoms with Gasteiger partial charge in [-0.1, -0.05) is 6.92 Å². The number of rotatable bonds is 15. The molecule has 3 aromatic rings. The van der Waals surface area contributed by atoms with Crippen molar-refractivity contribution in [3.8, 4) is 0 Å². The Morgan fingerprint density at radius 3 is 2.60 bits per heavy atom. The zero-order chi connectivity index (χ0) is 30.2. The van der Waals surface area contributed by atoms with E-state index < -0.39 is 11.9 Å². The molecule has 4 amide bonds. The van der Waals surface area contributed by atoms with Crippen LogP contribution in [0.4, 0.5) is 11.5 Å². The minimum Gasteiger partial charge on any atom is -0.379 e. The number of carbonyl (C=O) groups is 4. The van der Waals surface area contributed by atoms with Gasteiger partial charge in [-0.25, -0.2) is 9.97 Å². The third kappa shape index (κ3) is 7.33. The predicted molar refractivity (Wildman–Crippen MR) is 158 cm³/mol. The second-order valence-corrected chi connectivity index (χ2v) is 10.9. The van der Waals surface area contributed by atoms with Gasteiger partial charge in [-0.15, -0.1) is 11.3 Å². The summed E-state index contributed by atoms with van der Waals surface area (Å²) in [5.74, 6) is -0.832. The second kappa shape index (κ2) is 14.5. The predicted octanol–water partition coefficient (Wildman–Crippen LogP) is 2.39. The number of carbonyl (C=O) groups excluding carboxylic acids is 4. The fourth-order valence-electron chi connectivity index (χ4n) is 4.94. The molecule has 13 nitrogen and oxygen atoms in total. The molecule has 0 radical (unpaired) electrons. The lowest BCUT2D eigenvalue weighted by Gasteiger charge is -2.29. The lowest BCUT2D eigenvalue weighted by atomic mass is 10.0. The Hall–Kier alpha value is -3.98.